The fourth-order valence-electron chi connectivity index (χ4n) is 3.83. The van der Waals surface area contributed by atoms with Crippen molar-refractivity contribution in [1.29, 1.82) is 0 Å². The van der Waals surface area contributed by atoms with Crippen molar-refractivity contribution >= 4 is 23.3 Å². The summed E-state index contributed by atoms with van der Waals surface area (Å²) in [4.78, 5) is 23.1. The van der Waals surface area contributed by atoms with E-state index in [9.17, 15) is 4.79 Å². The molecule has 1 atom stereocenters. The highest BCUT2D eigenvalue weighted by atomic mass is 35.5. The Morgan fingerprint density at radius 1 is 1.36 bits per heavy atom. The van der Waals surface area contributed by atoms with E-state index >= 15 is 0 Å². The molecule has 3 fully saturated rings. The van der Waals surface area contributed by atoms with Crippen molar-refractivity contribution in [2.45, 2.75) is 37.3 Å². The van der Waals surface area contributed by atoms with Crippen LogP contribution in [0.4, 0.5) is 10.5 Å². The molecule has 4 rings (SSSR count). The third-order valence-corrected chi connectivity index (χ3v) is 5.64. The lowest BCUT2D eigenvalue weighted by molar-refractivity contribution is 0.175. The molecular formula is C16H21ClN4O. The topological polar surface area (TPSA) is 39.7 Å². The first-order valence-electron chi connectivity index (χ1n) is 7.99. The maximum atomic E-state index is 12.6. The minimum atomic E-state index is 0.150. The number of aromatic nitrogens is 1. The smallest absolute Gasteiger partial charge is 0.320 e. The van der Waals surface area contributed by atoms with E-state index in [4.69, 9.17) is 11.6 Å². The zero-order valence-electron chi connectivity index (χ0n) is 12.8. The van der Waals surface area contributed by atoms with Crippen molar-refractivity contribution in [3.05, 3.63) is 23.5 Å². The number of nitrogens with zero attached hydrogens (tertiary/aromatic N) is 4. The van der Waals surface area contributed by atoms with Crippen LogP contribution in [0.1, 0.15) is 25.7 Å². The Morgan fingerprint density at radius 2 is 2.18 bits per heavy atom. The van der Waals surface area contributed by atoms with Gasteiger partial charge in [-0.25, -0.2) is 4.79 Å². The van der Waals surface area contributed by atoms with Gasteiger partial charge in [0.15, 0.2) is 0 Å². The summed E-state index contributed by atoms with van der Waals surface area (Å²) in [7, 11) is 1.96. The van der Waals surface area contributed by atoms with Crippen molar-refractivity contribution in [3.63, 3.8) is 0 Å². The van der Waals surface area contributed by atoms with Crippen LogP contribution in [0.25, 0.3) is 0 Å². The number of hydrogen-bond acceptors (Lipinski definition) is 3. The summed E-state index contributed by atoms with van der Waals surface area (Å²) >= 11 is 6.06. The van der Waals surface area contributed by atoms with E-state index in [0.717, 1.165) is 51.0 Å². The molecule has 2 amide bonds. The zero-order chi connectivity index (χ0) is 15.3. The number of anilines is 1. The van der Waals surface area contributed by atoms with Gasteiger partial charge in [0.2, 0.25) is 0 Å². The highest BCUT2D eigenvalue weighted by Gasteiger charge is 2.57. The van der Waals surface area contributed by atoms with Crippen LogP contribution < -0.4 is 4.90 Å². The fourth-order valence-corrected chi connectivity index (χ4v) is 3.99. The molecule has 6 heteroatoms. The minimum Gasteiger partial charge on any atom is -0.368 e. The number of urea groups is 1. The number of carbonyl (C=O) groups excluding carboxylic acids is 1. The highest BCUT2D eigenvalue weighted by Crippen LogP contribution is 2.46. The molecular weight excluding hydrogens is 300 g/mol. The van der Waals surface area contributed by atoms with Crippen LogP contribution in [0, 0.1) is 0 Å². The molecule has 5 nitrogen and oxygen atoms in total. The van der Waals surface area contributed by atoms with E-state index in [-0.39, 0.29) is 11.6 Å². The molecule has 1 unspecified atom stereocenters. The molecule has 0 radical (unpaired) electrons. The Morgan fingerprint density at radius 3 is 2.86 bits per heavy atom. The zero-order valence-corrected chi connectivity index (χ0v) is 13.6. The number of pyridine rings is 1. The van der Waals surface area contributed by atoms with Gasteiger partial charge in [-0.15, -0.1) is 0 Å². The summed E-state index contributed by atoms with van der Waals surface area (Å²) in [5.41, 5.74) is 1.20. The predicted molar refractivity (Wildman–Crippen MR) is 86.3 cm³/mol. The van der Waals surface area contributed by atoms with Crippen LogP contribution in [0.5, 0.6) is 0 Å². The second kappa shape index (κ2) is 5.01. The average Bonchev–Trinajstić information content (AvgIpc) is 3.27. The molecule has 1 spiro atoms. The van der Waals surface area contributed by atoms with E-state index < -0.39 is 0 Å². The summed E-state index contributed by atoms with van der Waals surface area (Å²) in [6.45, 7) is 2.77. The Kier molecular flexibility index (Phi) is 3.22. The van der Waals surface area contributed by atoms with Crippen LogP contribution in [0.3, 0.4) is 0 Å². The van der Waals surface area contributed by atoms with Gasteiger partial charge in [-0.3, -0.25) is 4.98 Å². The molecule has 3 aliphatic rings. The van der Waals surface area contributed by atoms with Gasteiger partial charge in [0.1, 0.15) is 0 Å². The van der Waals surface area contributed by atoms with Gasteiger partial charge in [0.25, 0.3) is 0 Å². The van der Waals surface area contributed by atoms with Crippen molar-refractivity contribution in [1.82, 2.24) is 14.8 Å². The molecule has 2 aliphatic heterocycles. The van der Waals surface area contributed by atoms with Crippen molar-refractivity contribution in [2.24, 2.45) is 0 Å². The van der Waals surface area contributed by atoms with Crippen molar-refractivity contribution in [3.8, 4) is 0 Å². The first kappa shape index (κ1) is 14.1. The SMILES string of the molecule is CN1C(=O)N(C2CCCN(c3cncc(Cl)c3)C2)CC12CC2. The fraction of sp³-hybridized carbons (Fsp3) is 0.625. The van der Waals surface area contributed by atoms with Crippen LogP contribution >= 0.6 is 11.6 Å². The van der Waals surface area contributed by atoms with E-state index in [2.05, 4.69) is 14.8 Å². The molecule has 1 aliphatic carbocycles. The normalized spacial score (nSPS) is 26.9. The first-order valence-corrected chi connectivity index (χ1v) is 8.37. The van der Waals surface area contributed by atoms with E-state index in [1.54, 1.807) is 6.20 Å². The van der Waals surface area contributed by atoms with Gasteiger partial charge >= 0.3 is 6.03 Å². The van der Waals surface area contributed by atoms with Gasteiger partial charge < -0.3 is 14.7 Å². The molecule has 22 heavy (non-hydrogen) atoms. The first-order chi connectivity index (χ1) is 10.6. The lowest BCUT2D eigenvalue weighted by atomic mass is 10.0. The number of rotatable bonds is 2. The number of carbonyl (C=O) groups is 1. The van der Waals surface area contributed by atoms with Crippen LogP contribution in [0.2, 0.25) is 5.02 Å². The summed E-state index contributed by atoms with van der Waals surface area (Å²) in [5, 5.41) is 0.661. The molecule has 0 N–H and O–H groups in total. The Labute approximate surface area is 135 Å². The van der Waals surface area contributed by atoms with Gasteiger partial charge in [0.05, 0.1) is 28.5 Å². The molecule has 0 aromatic carbocycles. The van der Waals surface area contributed by atoms with Crippen LogP contribution in [-0.2, 0) is 0 Å². The third kappa shape index (κ3) is 2.22. The highest BCUT2D eigenvalue weighted by molar-refractivity contribution is 6.30. The van der Waals surface area contributed by atoms with Crippen molar-refractivity contribution < 1.29 is 4.79 Å². The molecule has 1 aromatic rings. The quantitative estimate of drug-likeness (QED) is 0.841. The molecule has 1 aromatic heterocycles. The third-order valence-electron chi connectivity index (χ3n) is 5.43. The minimum absolute atomic E-state index is 0.150. The number of hydrogen-bond donors (Lipinski definition) is 0. The van der Waals surface area contributed by atoms with Gasteiger partial charge in [-0.05, 0) is 31.7 Å². The monoisotopic (exact) mass is 320 g/mol. The largest absolute Gasteiger partial charge is 0.368 e. The van der Waals surface area contributed by atoms with Gasteiger partial charge in [0, 0.05) is 32.9 Å². The molecule has 2 saturated heterocycles. The second-order valence-corrected chi connectivity index (χ2v) is 7.23. The van der Waals surface area contributed by atoms with Gasteiger partial charge in [-0.1, -0.05) is 11.6 Å². The summed E-state index contributed by atoms with van der Waals surface area (Å²) in [6, 6.07) is 2.45. The van der Waals surface area contributed by atoms with Crippen LogP contribution in [-0.4, -0.2) is 59.1 Å². The maximum Gasteiger partial charge on any atom is 0.320 e. The van der Waals surface area contributed by atoms with Crippen molar-refractivity contribution in [2.75, 3.05) is 31.6 Å². The number of likely N-dealkylation sites (N-methyl/N-ethyl adjacent to an activating group) is 1. The van der Waals surface area contributed by atoms with E-state index in [0.29, 0.717) is 11.1 Å². The summed E-state index contributed by atoms with van der Waals surface area (Å²) < 4.78 is 0. The molecule has 3 heterocycles. The average molecular weight is 321 g/mol. The lowest BCUT2D eigenvalue weighted by Gasteiger charge is -2.38. The second-order valence-electron chi connectivity index (χ2n) is 6.80. The summed E-state index contributed by atoms with van der Waals surface area (Å²) in [5.74, 6) is 0. The number of amides is 2. The van der Waals surface area contributed by atoms with Gasteiger partial charge in [-0.2, -0.15) is 0 Å². The Bertz CT molecular complexity index is 604. The maximum absolute atomic E-state index is 12.6. The van der Waals surface area contributed by atoms with Crippen LogP contribution in [0.15, 0.2) is 18.5 Å². The molecule has 0 bridgehead atoms. The van der Waals surface area contributed by atoms with E-state index in [1.165, 1.54) is 0 Å². The van der Waals surface area contributed by atoms with E-state index in [1.807, 2.05) is 24.2 Å². The summed E-state index contributed by atoms with van der Waals surface area (Å²) in [6.07, 6.45) is 8.00. The molecule has 118 valence electrons. The molecule has 1 saturated carbocycles. The number of piperidine rings is 1. The standard InChI is InChI=1S/C16H21ClN4O/c1-19-15(22)21(11-16(19)4-5-16)13-3-2-6-20(10-13)14-7-12(17)8-18-9-14/h7-9,13H,2-6,10-11H2,1H3. The Hall–Kier alpha value is -1.49. The number of halogens is 1. The Balaban J connectivity index is 1.51. The lowest BCUT2D eigenvalue weighted by Crippen LogP contribution is -2.49. The predicted octanol–water partition coefficient (Wildman–Crippen LogP) is 2.60.